The second-order valence-corrected chi connectivity index (χ2v) is 5.91. The van der Waals surface area contributed by atoms with Crippen LogP contribution in [0.1, 0.15) is 82.8 Å². The molecule has 0 aliphatic carbocycles. The molecule has 1 rings (SSSR count). The monoisotopic (exact) mass is 292 g/mol. The van der Waals surface area contributed by atoms with Gasteiger partial charge in [-0.15, -0.1) is 0 Å². The number of aliphatic hydroxyl groups is 1. The first-order valence-electron chi connectivity index (χ1n) is 8.60. The van der Waals surface area contributed by atoms with Crippen molar-refractivity contribution in [2.45, 2.75) is 77.2 Å². The Kier molecular flexibility index (Phi) is 9.98. The molecule has 0 heterocycles. The first-order valence-corrected chi connectivity index (χ1v) is 8.60. The third-order valence-corrected chi connectivity index (χ3v) is 4.08. The Morgan fingerprint density at radius 2 is 1.38 bits per heavy atom. The Hall–Kier alpha value is -1.02. The zero-order valence-electron chi connectivity index (χ0n) is 13.8. The third-order valence-electron chi connectivity index (χ3n) is 4.08. The Morgan fingerprint density at radius 3 is 1.90 bits per heavy atom. The van der Waals surface area contributed by atoms with E-state index >= 15 is 0 Å². The van der Waals surface area contributed by atoms with E-state index in [0.29, 0.717) is 0 Å². The highest BCUT2D eigenvalue weighted by Gasteiger charge is 2.07. The summed E-state index contributed by atoms with van der Waals surface area (Å²) in [5.41, 5.74) is 0.996. The van der Waals surface area contributed by atoms with Gasteiger partial charge in [0, 0.05) is 0 Å². The first kappa shape index (κ1) is 18.0. The Morgan fingerprint density at radius 1 is 0.857 bits per heavy atom. The molecule has 0 saturated carbocycles. The summed E-state index contributed by atoms with van der Waals surface area (Å²) in [7, 11) is 1.66. The van der Waals surface area contributed by atoms with Crippen molar-refractivity contribution in [1.29, 1.82) is 0 Å². The van der Waals surface area contributed by atoms with Crippen LogP contribution < -0.4 is 4.74 Å². The van der Waals surface area contributed by atoms with E-state index in [2.05, 4.69) is 6.92 Å². The smallest absolute Gasteiger partial charge is 0.118 e. The summed E-state index contributed by atoms with van der Waals surface area (Å²) in [6.45, 7) is 2.26. The van der Waals surface area contributed by atoms with Crippen molar-refractivity contribution in [1.82, 2.24) is 0 Å². The molecule has 0 aliphatic heterocycles. The van der Waals surface area contributed by atoms with Crippen LogP contribution in [-0.2, 0) is 0 Å². The normalized spacial score (nSPS) is 12.3. The summed E-state index contributed by atoms with van der Waals surface area (Å²) in [5.74, 6) is 0.842. The lowest BCUT2D eigenvalue weighted by Gasteiger charge is -2.11. The maximum Gasteiger partial charge on any atom is 0.118 e. The Bertz CT molecular complexity index is 345. The predicted molar refractivity (Wildman–Crippen MR) is 89.8 cm³/mol. The van der Waals surface area contributed by atoms with Gasteiger partial charge in [-0.1, -0.05) is 76.8 Å². The molecule has 1 atom stereocenters. The van der Waals surface area contributed by atoms with Crippen LogP contribution in [0.15, 0.2) is 24.3 Å². The van der Waals surface area contributed by atoms with Gasteiger partial charge in [0.2, 0.25) is 0 Å². The van der Waals surface area contributed by atoms with E-state index in [0.717, 1.165) is 24.2 Å². The van der Waals surface area contributed by atoms with Crippen molar-refractivity contribution >= 4 is 0 Å². The lowest BCUT2D eigenvalue weighted by molar-refractivity contribution is 0.163. The number of methoxy groups -OCH3 is 1. The van der Waals surface area contributed by atoms with E-state index in [1.807, 2.05) is 24.3 Å². The van der Waals surface area contributed by atoms with Crippen molar-refractivity contribution in [3.63, 3.8) is 0 Å². The molecule has 1 N–H and O–H groups in total. The molecule has 0 saturated heterocycles. The summed E-state index contributed by atoms with van der Waals surface area (Å²) in [5, 5.41) is 10.1. The topological polar surface area (TPSA) is 29.5 Å². The van der Waals surface area contributed by atoms with Crippen LogP contribution in [0.5, 0.6) is 5.75 Å². The van der Waals surface area contributed by atoms with Gasteiger partial charge in [-0.25, -0.2) is 0 Å². The second-order valence-electron chi connectivity index (χ2n) is 5.91. The quantitative estimate of drug-likeness (QED) is 0.504. The molecule has 1 aromatic carbocycles. The summed E-state index contributed by atoms with van der Waals surface area (Å²) in [6, 6.07) is 7.73. The van der Waals surface area contributed by atoms with Crippen LogP contribution >= 0.6 is 0 Å². The van der Waals surface area contributed by atoms with E-state index in [1.54, 1.807) is 7.11 Å². The minimum Gasteiger partial charge on any atom is -0.497 e. The lowest BCUT2D eigenvalue weighted by atomic mass is 10.0. The molecule has 0 aliphatic rings. The van der Waals surface area contributed by atoms with E-state index in [9.17, 15) is 5.11 Å². The number of hydrogen-bond acceptors (Lipinski definition) is 2. The van der Waals surface area contributed by atoms with Crippen molar-refractivity contribution in [2.24, 2.45) is 0 Å². The van der Waals surface area contributed by atoms with Crippen molar-refractivity contribution in [3.05, 3.63) is 29.8 Å². The molecule has 0 radical (unpaired) electrons. The van der Waals surface area contributed by atoms with E-state index in [1.165, 1.54) is 51.4 Å². The summed E-state index contributed by atoms with van der Waals surface area (Å²) in [6.07, 6.45) is 12.4. The molecule has 0 bridgehead atoms. The number of benzene rings is 1. The molecule has 1 aromatic rings. The van der Waals surface area contributed by atoms with E-state index in [4.69, 9.17) is 4.74 Å². The maximum absolute atomic E-state index is 10.1. The van der Waals surface area contributed by atoms with Crippen LogP contribution in [0.2, 0.25) is 0 Å². The van der Waals surface area contributed by atoms with Gasteiger partial charge in [-0.3, -0.25) is 0 Å². The summed E-state index contributed by atoms with van der Waals surface area (Å²) >= 11 is 0. The SMILES string of the molecule is CCCCCCCCCCCC(O)c1ccc(OC)cc1. The molecule has 120 valence electrons. The zero-order valence-corrected chi connectivity index (χ0v) is 13.8. The molecule has 0 aromatic heterocycles. The molecule has 21 heavy (non-hydrogen) atoms. The van der Waals surface area contributed by atoms with Crippen molar-refractivity contribution < 1.29 is 9.84 Å². The van der Waals surface area contributed by atoms with Gasteiger partial charge in [0.15, 0.2) is 0 Å². The molecule has 2 heteroatoms. The fourth-order valence-corrected chi connectivity index (χ4v) is 2.64. The molecule has 0 spiro atoms. The number of ether oxygens (including phenoxy) is 1. The predicted octanol–water partition coefficient (Wildman–Crippen LogP) is 5.65. The van der Waals surface area contributed by atoms with Crippen LogP contribution in [0, 0.1) is 0 Å². The molecule has 1 unspecified atom stereocenters. The molecular formula is C19H32O2. The van der Waals surface area contributed by atoms with Gasteiger partial charge in [0.05, 0.1) is 13.2 Å². The highest BCUT2D eigenvalue weighted by atomic mass is 16.5. The molecule has 0 fully saturated rings. The molecular weight excluding hydrogens is 260 g/mol. The van der Waals surface area contributed by atoms with E-state index in [-0.39, 0.29) is 6.10 Å². The van der Waals surface area contributed by atoms with Crippen LogP contribution in [0.4, 0.5) is 0 Å². The second kappa shape index (κ2) is 11.6. The minimum atomic E-state index is -0.333. The minimum absolute atomic E-state index is 0.333. The Labute approximate surface area is 130 Å². The lowest BCUT2D eigenvalue weighted by Crippen LogP contribution is -1.97. The van der Waals surface area contributed by atoms with E-state index < -0.39 is 0 Å². The van der Waals surface area contributed by atoms with Gasteiger partial charge in [0.1, 0.15) is 5.75 Å². The third kappa shape index (κ3) is 8.11. The van der Waals surface area contributed by atoms with Crippen molar-refractivity contribution in [2.75, 3.05) is 7.11 Å². The number of aliphatic hydroxyl groups excluding tert-OH is 1. The number of rotatable bonds is 12. The zero-order chi connectivity index (χ0) is 15.3. The standard InChI is InChI=1S/C19H32O2/c1-3-4-5-6-7-8-9-10-11-12-19(20)17-13-15-18(21-2)16-14-17/h13-16,19-20H,3-12H2,1-2H3. The van der Waals surface area contributed by atoms with Crippen LogP contribution in [-0.4, -0.2) is 12.2 Å². The number of hydrogen-bond donors (Lipinski definition) is 1. The van der Waals surface area contributed by atoms with Gasteiger partial charge < -0.3 is 9.84 Å². The van der Waals surface area contributed by atoms with Gasteiger partial charge in [-0.05, 0) is 24.1 Å². The average molecular weight is 292 g/mol. The largest absolute Gasteiger partial charge is 0.497 e. The molecule has 0 amide bonds. The number of unbranched alkanes of at least 4 members (excludes halogenated alkanes) is 8. The van der Waals surface area contributed by atoms with Gasteiger partial charge in [0.25, 0.3) is 0 Å². The van der Waals surface area contributed by atoms with Crippen LogP contribution in [0.3, 0.4) is 0 Å². The molecule has 2 nitrogen and oxygen atoms in total. The van der Waals surface area contributed by atoms with Crippen LogP contribution in [0.25, 0.3) is 0 Å². The van der Waals surface area contributed by atoms with Crippen molar-refractivity contribution in [3.8, 4) is 5.75 Å². The summed E-state index contributed by atoms with van der Waals surface area (Å²) in [4.78, 5) is 0. The fourth-order valence-electron chi connectivity index (χ4n) is 2.64. The average Bonchev–Trinajstić information content (AvgIpc) is 2.53. The Balaban J connectivity index is 2.03. The first-order chi connectivity index (χ1) is 10.3. The highest BCUT2D eigenvalue weighted by Crippen LogP contribution is 2.22. The van der Waals surface area contributed by atoms with Gasteiger partial charge in [-0.2, -0.15) is 0 Å². The maximum atomic E-state index is 10.1. The highest BCUT2D eigenvalue weighted by molar-refractivity contribution is 5.28. The fraction of sp³-hybridized carbons (Fsp3) is 0.684. The summed E-state index contributed by atoms with van der Waals surface area (Å²) < 4.78 is 5.13. The van der Waals surface area contributed by atoms with Gasteiger partial charge >= 0.3 is 0 Å².